The van der Waals surface area contributed by atoms with Gasteiger partial charge in [-0.15, -0.1) is 0 Å². The molecule has 0 spiro atoms. The molecule has 1 heterocycles. The molecule has 1 aromatic carbocycles. The Hall–Kier alpha value is -1.59. The summed E-state index contributed by atoms with van der Waals surface area (Å²) >= 11 is 0. The molecule has 1 fully saturated rings. The standard InChI is InChI=1S/C15H22N2O3/c1-19-14-6-4-13(5-7-14)17-15(18)10-16-9-12-3-2-8-20-11-12/h4-7,12,16H,2-3,8-11H2,1H3,(H,17,18). The van der Waals surface area contributed by atoms with Crippen molar-refractivity contribution in [3.05, 3.63) is 24.3 Å². The number of carbonyl (C=O) groups excluding carboxylic acids is 1. The first kappa shape index (κ1) is 14.8. The Morgan fingerprint density at radius 1 is 1.40 bits per heavy atom. The summed E-state index contributed by atoms with van der Waals surface area (Å²) in [6, 6.07) is 7.29. The molecule has 110 valence electrons. The Balaban J connectivity index is 1.66. The van der Waals surface area contributed by atoms with E-state index in [0.29, 0.717) is 12.5 Å². The minimum atomic E-state index is -0.0353. The summed E-state index contributed by atoms with van der Waals surface area (Å²) in [7, 11) is 1.62. The van der Waals surface area contributed by atoms with Crippen LogP contribution in [0, 0.1) is 5.92 Å². The van der Waals surface area contributed by atoms with E-state index in [1.54, 1.807) is 7.11 Å². The average molecular weight is 278 g/mol. The second kappa shape index (κ2) is 7.87. The number of carbonyl (C=O) groups is 1. The van der Waals surface area contributed by atoms with Crippen molar-refractivity contribution in [3.63, 3.8) is 0 Å². The summed E-state index contributed by atoms with van der Waals surface area (Å²) in [5.74, 6) is 1.27. The van der Waals surface area contributed by atoms with Gasteiger partial charge in [0, 0.05) is 18.8 Å². The average Bonchev–Trinajstić information content (AvgIpc) is 2.49. The van der Waals surface area contributed by atoms with Crippen LogP contribution in [-0.2, 0) is 9.53 Å². The van der Waals surface area contributed by atoms with Gasteiger partial charge in [-0.05, 0) is 43.0 Å². The van der Waals surface area contributed by atoms with Gasteiger partial charge in [0.25, 0.3) is 0 Å². The second-order valence-electron chi connectivity index (χ2n) is 4.99. The summed E-state index contributed by atoms with van der Waals surface area (Å²) in [4.78, 5) is 11.8. The molecule has 1 aromatic rings. The zero-order valence-corrected chi connectivity index (χ0v) is 11.9. The lowest BCUT2D eigenvalue weighted by Crippen LogP contribution is -2.34. The Labute approximate surface area is 119 Å². The first-order valence-electron chi connectivity index (χ1n) is 7.00. The molecule has 0 aliphatic carbocycles. The fraction of sp³-hybridized carbons (Fsp3) is 0.533. The summed E-state index contributed by atoms with van der Waals surface area (Å²) in [5, 5.41) is 6.02. The normalized spacial score (nSPS) is 18.6. The van der Waals surface area contributed by atoms with E-state index in [2.05, 4.69) is 10.6 Å². The molecule has 2 N–H and O–H groups in total. The molecule has 0 saturated carbocycles. The molecule has 20 heavy (non-hydrogen) atoms. The van der Waals surface area contributed by atoms with Crippen LogP contribution in [0.25, 0.3) is 0 Å². The van der Waals surface area contributed by atoms with Gasteiger partial charge in [-0.1, -0.05) is 0 Å². The Morgan fingerprint density at radius 3 is 2.85 bits per heavy atom. The lowest BCUT2D eigenvalue weighted by atomic mass is 10.0. The van der Waals surface area contributed by atoms with Gasteiger partial charge in [-0.3, -0.25) is 4.79 Å². The molecular weight excluding hydrogens is 256 g/mol. The van der Waals surface area contributed by atoms with Crippen LogP contribution in [0.5, 0.6) is 5.75 Å². The first-order valence-corrected chi connectivity index (χ1v) is 7.00. The van der Waals surface area contributed by atoms with Gasteiger partial charge in [-0.25, -0.2) is 0 Å². The Bertz CT molecular complexity index is 414. The topological polar surface area (TPSA) is 59.6 Å². The maximum atomic E-state index is 11.8. The van der Waals surface area contributed by atoms with Crippen LogP contribution >= 0.6 is 0 Å². The molecule has 0 radical (unpaired) electrons. The molecule has 0 bridgehead atoms. The quantitative estimate of drug-likeness (QED) is 0.830. The van der Waals surface area contributed by atoms with Crippen molar-refractivity contribution in [3.8, 4) is 5.75 Å². The smallest absolute Gasteiger partial charge is 0.238 e. The third-order valence-electron chi connectivity index (χ3n) is 3.35. The van der Waals surface area contributed by atoms with Gasteiger partial charge in [0.15, 0.2) is 0 Å². The zero-order chi connectivity index (χ0) is 14.2. The summed E-state index contributed by atoms with van der Waals surface area (Å²) < 4.78 is 10.5. The number of hydrogen-bond acceptors (Lipinski definition) is 4. The number of ether oxygens (including phenoxy) is 2. The van der Waals surface area contributed by atoms with Crippen molar-refractivity contribution in [2.45, 2.75) is 12.8 Å². The van der Waals surface area contributed by atoms with Crippen LogP contribution in [0.3, 0.4) is 0 Å². The number of methoxy groups -OCH3 is 1. The molecule has 1 aliphatic heterocycles. The van der Waals surface area contributed by atoms with E-state index in [0.717, 1.165) is 37.6 Å². The first-order chi connectivity index (χ1) is 9.78. The highest BCUT2D eigenvalue weighted by Crippen LogP contribution is 2.15. The molecule has 5 nitrogen and oxygen atoms in total. The summed E-state index contributed by atoms with van der Waals surface area (Å²) in [6.45, 7) is 2.82. The van der Waals surface area contributed by atoms with Crippen molar-refractivity contribution in [1.29, 1.82) is 0 Å². The van der Waals surface area contributed by atoms with Gasteiger partial charge in [0.1, 0.15) is 5.75 Å². The molecule has 1 saturated heterocycles. The minimum Gasteiger partial charge on any atom is -0.497 e. The SMILES string of the molecule is COc1ccc(NC(=O)CNCC2CCCOC2)cc1. The fourth-order valence-corrected chi connectivity index (χ4v) is 2.24. The molecule has 1 aliphatic rings. The van der Waals surface area contributed by atoms with E-state index in [-0.39, 0.29) is 5.91 Å². The monoisotopic (exact) mass is 278 g/mol. The molecular formula is C15H22N2O3. The molecule has 1 unspecified atom stereocenters. The molecule has 2 rings (SSSR count). The van der Waals surface area contributed by atoms with Gasteiger partial charge in [0.2, 0.25) is 5.91 Å². The second-order valence-corrected chi connectivity index (χ2v) is 4.99. The molecule has 1 atom stereocenters. The lowest BCUT2D eigenvalue weighted by molar-refractivity contribution is -0.115. The highest BCUT2D eigenvalue weighted by Gasteiger charge is 2.13. The third kappa shape index (κ3) is 4.83. The molecule has 0 aromatic heterocycles. The highest BCUT2D eigenvalue weighted by atomic mass is 16.5. The van der Waals surface area contributed by atoms with E-state index < -0.39 is 0 Å². The van der Waals surface area contributed by atoms with Crippen molar-refractivity contribution >= 4 is 11.6 Å². The van der Waals surface area contributed by atoms with Crippen LogP contribution in [0.1, 0.15) is 12.8 Å². The van der Waals surface area contributed by atoms with E-state index in [1.807, 2.05) is 24.3 Å². The Kier molecular flexibility index (Phi) is 5.83. The Morgan fingerprint density at radius 2 is 2.20 bits per heavy atom. The molecule has 1 amide bonds. The van der Waals surface area contributed by atoms with Gasteiger partial charge >= 0.3 is 0 Å². The summed E-state index contributed by atoms with van der Waals surface area (Å²) in [5.41, 5.74) is 0.776. The largest absolute Gasteiger partial charge is 0.497 e. The van der Waals surface area contributed by atoms with Gasteiger partial charge in [-0.2, -0.15) is 0 Å². The predicted molar refractivity (Wildman–Crippen MR) is 78.0 cm³/mol. The van der Waals surface area contributed by atoms with Crippen molar-refractivity contribution < 1.29 is 14.3 Å². The molecule has 5 heteroatoms. The number of anilines is 1. The fourth-order valence-electron chi connectivity index (χ4n) is 2.24. The number of nitrogens with one attached hydrogen (secondary N) is 2. The van der Waals surface area contributed by atoms with E-state index in [1.165, 1.54) is 6.42 Å². The number of hydrogen-bond donors (Lipinski definition) is 2. The summed E-state index contributed by atoms with van der Waals surface area (Å²) in [6.07, 6.45) is 2.29. The van der Waals surface area contributed by atoms with E-state index in [9.17, 15) is 4.79 Å². The maximum Gasteiger partial charge on any atom is 0.238 e. The van der Waals surface area contributed by atoms with Crippen LogP contribution < -0.4 is 15.4 Å². The van der Waals surface area contributed by atoms with E-state index in [4.69, 9.17) is 9.47 Å². The highest BCUT2D eigenvalue weighted by molar-refractivity contribution is 5.92. The maximum absolute atomic E-state index is 11.8. The van der Waals surface area contributed by atoms with Crippen molar-refractivity contribution in [2.24, 2.45) is 5.92 Å². The van der Waals surface area contributed by atoms with Crippen LogP contribution in [0.2, 0.25) is 0 Å². The van der Waals surface area contributed by atoms with Gasteiger partial charge in [0.05, 0.1) is 20.3 Å². The van der Waals surface area contributed by atoms with Crippen LogP contribution in [-0.4, -0.2) is 39.3 Å². The number of benzene rings is 1. The third-order valence-corrected chi connectivity index (χ3v) is 3.35. The number of amides is 1. The van der Waals surface area contributed by atoms with Crippen molar-refractivity contribution in [1.82, 2.24) is 5.32 Å². The van der Waals surface area contributed by atoms with E-state index >= 15 is 0 Å². The lowest BCUT2D eigenvalue weighted by Gasteiger charge is -2.22. The van der Waals surface area contributed by atoms with Crippen LogP contribution in [0.15, 0.2) is 24.3 Å². The predicted octanol–water partition coefficient (Wildman–Crippen LogP) is 1.65. The zero-order valence-electron chi connectivity index (χ0n) is 11.9. The minimum absolute atomic E-state index is 0.0353. The van der Waals surface area contributed by atoms with Crippen molar-refractivity contribution in [2.75, 3.05) is 38.7 Å². The number of rotatable bonds is 6. The van der Waals surface area contributed by atoms with Crippen LogP contribution in [0.4, 0.5) is 5.69 Å². The van der Waals surface area contributed by atoms with Gasteiger partial charge < -0.3 is 20.1 Å².